The van der Waals surface area contributed by atoms with Crippen molar-refractivity contribution in [3.05, 3.63) is 63.3 Å². The van der Waals surface area contributed by atoms with Crippen LogP contribution in [-0.2, 0) is 11.3 Å². The molecule has 1 amide bonds. The number of aromatic nitrogens is 3. The lowest BCUT2D eigenvalue weighted by Gasteiger charge is -2.49. The van der Waals surface area contributed by atoms with E-state index in [-0.39, 0.29) is 16.9 Å². The van der Waals surface area contributed by atoms with E-state index >= 15 is 8.78 Å². The molecule has 184 valence electrons. The summed E-state index contributed by atoms with van der Waals surface area (Å²) in [6.45, 7) is 4.40. The molecule has 35 heavy (non-hydrogen) atoms. The highest BCUT2D eigenvalue weighted by atomic mass is 19.1. The number of nitrogens with one attached hydrogen (secondary N) is 2. The molecule has 2 fully saturated rings. The number of hydrogen-bond donors (Lipinski definition) is 2. The Morgan fingerprint density at radius 2 is 2.06 bits per heavy atom. The monoisotopic (exact) mass is 484 g/mol. The van der Waals surface area contributed by atoms with E-state index in [1.54, 1.807) is 25.1 Å². The van der Waals surface area contributed by atoms with E-state index in [1.807, 2.05) is 4.90 Å². The summed E-state index contributed by atoms with van der Waals surface area (Å²) in [5, 5.41) is 2.44. The van der Waals surface area contributed by atoms with Crippen LogP contribution in [0, 0.1) is 18.7 Å². The number of anilines is 1. The number of ether oxygens (including phenoxy) is 1. The Labute approximate surface area is 200 Å². The van der Waals surface area contributed by atoms with Gasteiger partial charge < -0.3 is 19.9 Å². The van der Waals surface area contributed by atoms with Crippen molar-refractivity contribution in [2.75, 3.05) is 44.8 Å². The van der Waals surface area contributed by atoms with Crippen LogP contribution < -0.4 is 15.8 Å². The molecule has 9 nitrogen and oxygen atoms in total. The van der Waals surface area contributed by atoms with Crippen molar-refractivity contribution >= 4 is 22.6 Å². The van der Waals surface area contributed by atoms with E-state index in [0.29, 0.717) is 62.6 Å². The molecule has 1 atom stereocenters. The minimum atomic E-state index is -0.710. The standard InChI is InChI=1S/C24H26F2N6O3/c1-14-22(33)30-20-16(28-14)4-3-15(19(20)25)11-31-8-9-32(24(12-31)7-10-35-13-24)18-6-5-17(23(34)27-2)29-21(18)26/h3-6H,7-13H2,1-2H3,(H,27,34)(H,30,33). The van der Waals surface area contributed by atoms with Gasteiger partial charge in [0.05, 0.1) is 23.3 Å². The van der Waals surface area contributed by atoms with E-state index in [1.165, 1.54) is 13.1 Å². The number of halogens is 2. The van der Waals surface area contributed by atoms with Gasteiger partial charge in [-0.15, -0.1) is 0 Å². The number of rotatable bonds is 4. The number of amides is 1. The molecule has 2 aliphatic rings. The first-order chi connectivity index (χ1) is 16.8. The third-order valence-corrected chi connectivity index (χ3v) is 6.84. The van der Waals surface area contributed by atoms with Gasteiger partial charge in [-0.2, -0.15) is 4.39 Å². The Balaban J connectivity index is 1.41. The number of pyridine rings is 1. The quantitative estimate of drug-likeness (QED) is 0.544. The number of H-pyrrole nitrogens is 1. The molecule has 1 unspecified atom stereocenters. The fourth-order valence-electron chi connectivity index (χ4n) is 5.01. The van der Waals surface area contributed by atoms with Gasteiger partial charge in [0.25, 0.3) is 11.5 Å². The van der Waals surface area contributed by atoms with Crippen molar-refractivity contribution < 1.29 is 18.3 Å². The van der Waals surface area contributed by atoms with Crippen molar-refractivity contribution in [1.29, 1.82) is 0 Å². The average molecular weight is 485 g/mol. The van der Waals surface area contributed by atoms with Crippen LogP contribution in [0.4, 0.5) is 14.5 Å². The normalized spacial score (nSPS) is 20.6. The molecule has 1 spiro atoms. The van der Waals surface area contributed by atoms with Crippen molar-refractivity contribution in [1.82, 2.24) is 25.2 Å². The maximum atomic E-state index is 15.3. The first-order valence-corrected chi connectivity index (χ1v) is 11.5. The van der Waals surface area contributed by atoms with Gasteiger partial charge >= 0.3 is 0 Å². The maximum absolute atomic E-state index is 15.3. The second kappa shape index (κ2) is 8.97. The molecule has 0 radical (unpaired) electrons. The average Bonchev–Trinajstić information content (AvgIpc) is 3.30. The van der Waals surface area contributed by atoms with Crippen LogP contribution >= 0.6 is 0 Å². The summed E-state index contributed by atoms with van der Waals surface area (Å²) in [6.07, 6.45) is 0.677. The number of nitrogens with zero attached hydrogens (tertiary/aromatic N) is 4. The van der Waals surface area contributed by atoms with Gasteiger partial charge in [-0.05, 0) is 31.5 Å². The molecular formula is C24H26F2N6O3. The highest BCUT2D eigenvalue weighted by Crippen LogP contribution is 2.36. The molecular weight excluding hydrogens is 458 g/mol. The topological polar surface area (TPSA) is 103 Å². The van der Waals surface area contributed by atoms with E-state index in [4.69, 9.17) is 4.74 Å². The predicted molar refractivity (Wildman–Crippen MR) is 125 cm³/mol. The Bertz CT molecular complexity index is 1360. The Morgan fingerprint density at radius 3 is 2.77 bits per heavy atom. The zero-order valence-corrected chi connectivity index (χ0v) is 19.5. The minimum Gasteiger partial charge on any atom is -0.379 e. The molecule has 2 aromatic heterocycles. The summed E-state index contributed by atoms with van der Waals surface area (Å²) in [7, 11) is 1.47. The lowest BCUT2D eigenvalue weighted by molar-refractivity contribution is 0.0957. The number of carbonyl (C=O) groups is 1. The summed E-state index contributed by atoms with van der Waals surface area (Å²) in [5.74, 6) is -1.66. The number of piperazine rings is 1. The van der Waals surface area contributed by atoms with Crippen LogP contribution in [0.25, 0.3) is 11.0 Å². The smallest absolute Gasteiger partial charge is 0.269 e. The largest absolute Gasteiger partial charge is 0.379 e. The SMILES string of the molecule is CNC(=O)c1ccc(N2CCN(Cc3ccc4nc(C)c(=O)[nH]c4c3F)CC23CCOC3)c(F)n1. The van der Waals surface area contributed by atoms with Crippen molar-refractivity contribution in [2.24, 2.45) is 0 Å². The fraction of sp³-hybridized carbons (Fsp3) is 0.417. The van der Waals surface area contributed by atoms with Crippen LogP contribution in [0.5, 0.6) is 0 Å². The summed E-state index contributed by atoms with van der Waals surface area (Å²) in [5.41, 5.74) is 0.644. The highest BCUT2D eigenvalue weighted by Gasteiger charge is 2.46. The zero-order chi connectivity index (χ0) is 24.7. The number of fused-ring (bicyclic) bond motifs is 1. The zero-order valence-electron chi connectivity index (χ0n) is 19.5. The lowest BCUT2D eigenvalue weighted by Crippen LogP contribution is -2.63. The number of carbonyl (C=O) groups excluding carboxylic acids is 1. The molecule has 11 heteroatoms. The van der Waals surface area contributed by atoms with Gasteiger partial charge in [-0.3, -0.25) is 14.5 Å². The number of hydrogen-bond acceptors (Lipinski definition) is 7. The van der Waals surface area contributed by atoms with Crippen molar-refractivity contribution in [2.45, 2.75) is 25.4 Å². The Kier molecular flexibility index (Phi) is 5.97. The van der Waals surface area contributed by atoms with E-state index in [0.717, 1.165) is 0 Å². The predicted octanol–water partition coefficient (Wildman–Crippen LogP) is 1.75. The number of aryl methyl sites for hydroxylation is 1. The third-order valence-electron chi connectivity index (χ3n) is 6.84. The van der Waals surface area contributed by atoms with E-state index < -0.39 is 28.8 Å². The lowest BCUT2D eigenvalue weighted by atomic mass is 9.91. The molecule has 5 rings (SSSR count). The second-order valence-corrected chi connectivity index (χ2v) is 9.06. The van der Waals surface area contributed by atoms with E-state index in [9.17, 15) is 9.59 Å². The highest BCUT2D eigenvalue weighted by molar-refractivity contribution is 5.92. The van der Waals surface area contributed by atoms with Crippen LogP contribution in [0.15, 0.2) is 29.1 Å². The van der Waals surface area contributed by atoms with Crippen molar-refractivity contribution in [3.63, 3.8) is 0 Å². The number of aromatic amines is 1. The molecule has 0 saturated carbocycles. The summed E-state index contributed by atoms with van der Waals surface area (Å²) < 4.78 is 36.0. The molecule has 2 N–H and O–H groups in total. The van der Waals surface area contributed by atoms with Gasteiger partial charge in [-0.1, -0.05) is 6.07 Å². The first kappa shape index (κ1) is 23.3. The molecule has 0 bridgehead atoms. The van der Waals surface area contributed by atoms with Gasteiger partial charge in [0.1, 0.15) is 16.9 Å². The molecule has 2 aliphatic heterocycles. The van der Waals surface area contributed by atoms with Crippen LogP contribution in [-0.4, -0.2) is 71.2 Å². The molecule has 4 heterocycles. The number of benzene rings is 1. The van der Waals surface area contributed by atoms with Gasteiger partial charge in [-0.25, -0.2) is 14.4 Å². The summed E-state index contributed by atoms with van der Waals surface area (Å²) >= 11 is 0. The summed E-state index contributed by atoms with van der Waals surface area (Å²) in [6, 6.07) is 6.48. The summed E-state index contributed by atoms with van der Waals surface area (Å²) in [4.78, 5) is 38.5. The van der Waals surface area contributed by atoms with Crippen molar-refractivity contribution in [3.8, 4) is 0 Å². The third kappa shape index (κ3) is 4.14. The second-order valence-electron chi connectivity index (χ2n) is 9.06. The fourth-order valence-corrected chi connectivity index (χ4v) is 5.01. The Hall–Kier alpha value is -3.44. The first-order valence-electron chi connectivity index (χ1n) is 11.5. The maximum Gasteiger partial charge on any atom is 0.269 e. The van der Waals surface area contributed by atoms with Gasteiger partial charge in [0.15, 0.2) is 5.82 Å². The molecule has 1 aromatic carbocycles. The van der Waals surface area contributed by atoms with Crippen LogP contribution in [0.3, 0.4) is 0 Å². The van der Waals surface area contributed by atoms with E-state index in [2.05, 4.69) is 25.2 Å². The molecule has 3 aromatic rings. The van der Waals surface area contributed by atoms with Gasteiger partial charge in [0.2, 0.25) is 5.95 Å². The molecule has 2 saturated heterocycles. The Morgan fingerprint density at radius 1 is 1.23 bits per heavy atom. The van der Waals surface area contributed by atoms with Crippen LogP contribution in [0.2, 0.25) is 0 Å². The minimum absolute atomic E-state index is 0.0126. The van der Waals surface area contributed by atoms with Crippen LogP contribution in [0.1, 0.15) is 28.2 Å². The van der Waals surface area contributed by atoms with Gasteiger partial charge in [0, 0.05) is 45.4 Å². The molecule has 0 aliphatic carbocycles.